The molecule has 3 rings (SSSR count). The van der Waals surface area contributed by atoms with Crippen LogP contribution in [0, 0.1) is 18.2 Å². The molecule has 4 nitrogen and oxygen atoms in total. The second-order valence-corrected chi connectivity index (χ2v) is 8.52. The lowest BCUT2D eigenvalue weighted by atomic mass is 9.99. The van der Waals surface area contributed by atoms with Gasteiger partial charge in [0.05, 0.1) is 10.1 Å². The zero-order chi connectivity index (χ0) is 17.5. The summed E-state index contributed by atoms with van der Waals surface area (Å²) in [6.07, 6.45) is 0. The molecule has 2 aromatic carbocycles. The van der Waals surface area contributed by atoms with Crippen molar-refractivity contribution in [3.8, 4) is 0 Å². The van der Waals surface area contributed by atoms with Crippen molar-refractivity contribution >= 4 is 9.84 Å². The fraction of sp³-hybridized carbons (Fsp3) is 0.333. The first kappa shape index (κ1) is 17.1. The molecule has 128 valence electrons. The SMILES string of the molecule is Cc1ccc(S(=O)(=O)[C@@H]2[C@@H](c3ccc(F)cc3)C2(CN)CN)cc1. The minimum Gasteiger partial charge on any atom is -0.330 e. The summed E-state index contributed by atoms with van der Waals surface area (Å²) in [6.45, 7) is 2.24. The van der Waals surface area contributed by atoms with Crippen LogP contribution in [0.4, 0.5) is 4.39 Å². The van der Waals surface area contributed by atoms with Gasteiger partial charge in [-0.15, -0.1) is 0 Å². The summed E-state index contributed by atoms with van der Waals surface area (Å²) >= 11 is 0. The van der Waals surface area contributed by atoms with E-state index in [2.05, 4.69) is 0 Å². The second-order valence-electron chi connectivity index (χ2n) is 6.45. The van der Waals surface area contributed by atoms with E-state index in [1.807, 2.05) is 6.92 Å². The zero-order valence-corrected chi connectivity index (χ0v) is 14.3. The first-order valence-corrected chi connectivity index (χ1v) is 9.37. The van der Waals surface area contributed by atoms with Crippen molar-refractivity contribution < 1.29 is 12.8 Å². The van der Waals surface area contributed by atoms with Gasteiger partial charge in [0.15, 0.2) is 9.84 Å². The topological polar surface area (TPSA) is 86.2 Å². The third kappa shape index (κ3) is 2.55. The number of sulfone groups is 1. The smallest absolute Gasteiger partial charge is 0.182 e. The average Bonchev–Trinajstić information content (AvgIpc) is 3.26. The molecule has 2 atom stereocenters. The summed E-state index contributed by atoms with van der Waals surface area (Å²) in [7, 11) is -3.58. The number of nitrogens with two attached hydrogens (primary N) is 2. The van der Waals surface area contributed by atoms with Gasteiger partial charge in [-0.2, -0.15) is 0 Å². The largest absolute Gasteiger partial charge is 0.330 e. The van der Waals surface area contributed by atoms with Gasteiger partial charge in [-0.3, -0.25) is 0 Å². The number of hydrogen-bond donors (Lipinski definition) is 2. The van der Waals surface area contributed by atoms with Crippen molar-refractivity contribution in [2.75, 3.05) is 13.1 Å². The highest BCUT2D eigenvalue weighted by molar-refractivity contribution is 7.92. The van der Waals surface area contributed by atoms with Crippen molar-refractivity contribution in [1.82, 2.24) is 0 Å². The van der Waals surface area contributed by atoms with Crippen LogP contribution in [0.1, 0.15) is 17.0 Å². The maximum atomic E-state index is 13.2. The van der Waals surface area contributed by atoms with Crippen LogP contribution in [0.25, 0.3) is 0 Å². The molecule has 0 heterocycles. The van der Waals surface area contributed by atoms with Crippen LogP contribution in [0.3, 0.4) is 0 Å². The Kier molecular flexibility index (Phi) is 4.23. The number of aryl methyl sites for hydroxylation is 1. The molecule has 0 saturated heterocycles. The van der Waals surface area contributed by atoms with Gasteiger partial charge in [0, 0.05) is 24.4 Å². The first-order chi connectivity index (χ1) is 11.4. The number of benzene rings is 2. The van der Waals surface area contributed by atoms with E-state index < -0.39 is 20.5 Å². The van der Waals surface area contributed by atoms with Crippen LogP contribution in [0.2, 0.25) is 0 Å². The highest BCUT2D eigenvalue weighted by Gasteiger charge is 2.69. The number of hydrogen-bond acceptors (Lipinski definition) is 4. The molecule has 0 spiro atoms. The summed E-state index contributed by atoms with van der Waals surface area (Å²) in [5, 5.41) is -0.687. The maximum Gasteiger partial charge on any atom is 0.182 e. The summed E-state index contributed by atoms with van der Waals surface area (Å²) in [5.74, 6) is -0.678. The van der Waals surface area contributed by atoms with Crippen LogP contribution < -0.4 is 11.5 Å². The lowest BCUT2D eigenvalue weighted by Gasteiger charge is -2.13. The Labute approximate surface area is 141 Å². The van der Waals surface area contributed by atoms with Gasteiger partial charge >= 0.3 is 0 Å². The van der Waals surface area contributed by atoms with E-state index in [1.165, 1.54) is 12.1 Å². The highest BCUT2D eigenvalue weighted by atomic mass is 32.2. The van der Waals surface area contributed by atoms with E-state index >= 15 is 0 Å². The zero-order valence-electron chi connectivity index (χ0n) is 13.4. The molecule has 0 aromatic heterocycles. The Hall–Kier alpha value is -1.76. The predicted octanol–water partition coefficient (Wildman–Crippen LogP) is 1.98. The number of rotatable bonds is 5. The molecule has 0 radical (unpaired) electrons. The van der Waals surface area contributed by atoms with E-state index in [-0.39, 0.29) is 29.7 Å². The Morgan fingerprint density at radius 3 is 2.04 bits per heavy atom. The summed E-state index contributed by atoms with van der Waals surface area (Å²) in [6, 6.07) is 12.7. The lowest BCUT2D eigenvalue weighted by molar-refractivity contribution is 0.509. The molecule has 1 aliphatic rings. The average molecular weight is 348 g/mol. The summed E-state index contributed by atoms with van der Waals surface area (Å²) in [5.41, 5.74) is 12.9. The number of halogens is 1. The minimum atomic E-state index is -3.58. The van der Waals surface area contributed by atoms with Gasteiger partial charge < -0.3 is 11.5 Å². The summed E-state index contributed by atoms with van der Waals surface area (Å²) < 4.78 is 39.4. The molecule has 1 aliphatic carbocycles. The van der Waals surface area contributed by atoms with Gasteiger partial charge in [0.25, 0.3) is 0 Å². The van der Waals surface area contributed by atoms with Crippen LogP contribution in [-0.4, -0.2) is 26.8 Å². The van der Waals surface area contributed by atoms with Crippen LogP contribution >= 0.6 is 0 Å². The fourth-order valence-corrected chi connectivity index (χ4v) is 6.04. The van der Waals surface area contributed by atoms with Gasteiger partial charge in [-0.1, -0.05) is 29.8 Å². The molecule has 1 saturated carbocycles. The highest BCUT2D eigenvalue weighted by Crippen LogP contribution is 2.62. The minimum absolute atomic E-state index is 0.168. The molecule has 24 heavy (non-hydrogen) atoms. The lowest BCUT2D eigenvalue weighted by Crippen LogP contribution is -2.31. The second kappa shape index (κ2) is 5.95. The van der Waals surface area contributed by atoms with Crippen molar-refractivity contribution in [2.45, 2.75) is 23.0 Å². The van der Waals surface area contributed by atoms with Gasteiger partial charge in [-0.25, -0.2) is 12.8 Å². The molecular weight excluding hydrogens is 327 g/mol. The van der Waals surface area contributed by atoms with E-state index in [0.29, 0.717) is 0 Å². The first-order valence-electron chi connectivity index (χ1n) is 7.83. The molecule has 0 unspecified atom stereocenters. The maximum absolute atomic E-state index is 13.2. The van der Waals surface area contributed by atoms with Crippen molar-refractivity contribution in [1.29, 1.82) is 0 Å². The van der Waals surface area contributed by atoms with Gasteiger partial charge in [-0.05, 0) is 36.8 Å². The Bertz CT molecular complexity index is 828. The Morgan fingerprint density at radius 1 is 1.00 bits per heavy atom. The van der Waals surface area contributed by atoms with E-state index in [0.717, 1.165) is 11.1 Å². The fourth-order valence-electron chi connectivity index (χ4n) is 3.56. The molecule has 1 fully saturated rings. The van der Waals surface area contributed by atoms with Crippen molar-refractivity contribution in [2.24, 2.45) is 16.9 Å². The standard InChI is InChI=1S/C18H21FN2O2S/c1-12-2-8-15(9-3-12)24(22,23)17-16(18(17,10-20)11-21)13-4-6-14(19)7-5-13/h2-9,16-17H,10-11,20-21H2,1H3/t16-,17-/m1/s1. The molecule has 0 bridgehead atoms. The third-order valence-corrected chi connectivity index (χ3v) is 7.39. The predicted molar refractivity (Wildman–Crippen MR) is 91.8 cm³/mol. The Balaban J connectivity index is 2.04. The molecule has 6 heteroatoms. The monoisotopic (exact) mass is 348 g/mol. The molecule has 2 aromatic rings. The van der Waals surface area contributed by atoms with Gasteiger partial charge in [0.2, 0.25) is 0 Å². The molecular formula is C18H21FN2O2S. The van der Waals surface area contributed by atoms with Crippen LogP contribution in [0.15, 0.2) is 53.4 Å². The van der Waals surface area contributed by atoms with E-state index in [1.54, 1.807) is 36.4 Å². The normalized spacial score (nSPS) is 22.3. The Morgan fingerprint density at radius 2 is 1.54 bits per heavy atom. The molecule has 4 N–H and O–H groups in total. The van der Waals surface area contributed by atoms with Crippen LogP contribution in [0.5, 0.6) is 0 Å². The summed E-state index contributed by atoms with van der Waals surface area (Å²) in [4.78, 5) is 0.272. The van der Waals surface area contributed by atoms with Gasteiger partial charge in [0.1, 0.15) is 5.82 Å². The van der Waals surface area contributed by atoms with E-state index in [4.69, 9.17) is 11.5 Å². The molecule has 0 aliphatic heterocycles. The van der Waals surface area contributed by atoms with Crippen molar-refractivity contribution in [3.05, 3.63) is 65.5 Å². The molecule has 0 amide bonds. The van der Waals surface area contributed by atoms with Crippen molar-refractivity contribution in [3.63, 3.8) is 0 Å². The third-order valence-electron chi connectivity index (χ3n) is 5.05. The van der Waals surface area contributed by atoms with E-state index in [9.17, 15) is 12.8 Å². The van der Waals surface area contributed by atoms with Crippen LogP contribution in [-0.2, 0) is 9.84 Å². The quantitative estimate of drug-likeness (QED) is 0.865.